The van der Waals surface area contributed by atoms with Gasteiger partial charge in [0.15, 0.2) is 10.8 Å². The number of H-pyrrole nitrogens is 1. The summed E-state index contributed by atoms with van der Waals surface area (Å²) in [7, 11) is -4.17. The second-order valence-corrected chi connectivity index (χ2v) is 5.27. The molecule has 0 spiro atoms. The number of halogens is 1. The highest BCUT2D eigenvalue weighted by Crippen LogP contribution is 2.21. The lowest BCUT2D eigenvalue weighted by atomic mass is 10.4. The fourth-order valence-corrected chi connectivity index (χ4v) is 2.67. The Morgan fingerprint density at radius 1 is 1.22 bits per heavy atom. The van der Waals surface area contributed by atoms with Crippen molar-refractivity contribution in [2.24, 2.45) is 0 Å². The molecule has 1 aromatic carbocycles. The van der Waals surface area contributed by atoms with Gasteiger partial charge in [0, 0.05) is 0 Å². The van der Waals surface area contributed by atoms with Crippen molar-refractivity contribution in [2.45, 2.75) is 9.92 Å². The van der Waals surface area contributed by atoms with E-state index in [4.69, 9.17) is 5.73 Å². The molecular weight excluding hydrogens is 261 g/mol. The zero-order chi connectivity index (χ0) is 13.3. The van der Waals surface area contributed by atoms with Crippen LogP contribution in [0.4, 0.5) is 10.2 Å². The molecule has 6 nitrogen and oxygen atoms in total. The number of benzene rings is 1. The highest BCUT2D eigenvalue weighted by Gasteiger charge is 2.25. The molecule has 0 saturated carbocycles. The Morgan fingerprint density at radius 2 is 1.83 bits per heavy atom. The first-order valence-corrected chi connectivity index (χ1v) is 6.26. The Bertz CT molecular complexity index is 741. The predicted octanol–water partition coefficient (Wildman–Crippen LogP) is 0.324. The molecule has 18 heavy (non-hydrogen) atoms. The van der Waals surface area contributed by atoms with Gasteiger partial charge in [-0.1, -0.05) is 18.2 Å². The Morgan fingerprint density at radius 3 is 2.44 bits per heavy atom. The van der Waals surface area contributed by atoms with Gasteiger partial charge in [0.1, 0.15) is 0 Å². The average molecular weight is 269 g/mol. The molecule has 1 aromatic heterocycles. The summed E-state index contributed by atoms with van der Waals surface area (Å²) in [5, 5.41) is -0.883. The Labute approximate surface area is 101 Å². The van der Waals surface area contributed by atoms with Crippen LogP contribution >= 0.6 is 0 Å². The molecule has 2 rings (SSSR count). The first kappa shape index (κ1) is 12.2. The van der Waals surface area contributed by atoms with Crippen molar-refractivity contribution in [3.63, 3.8) is 0 Å². The van der Waals surface area contributed by atoms with Crippen molar-refractivity contribution >= 4 is 15.7 Å². The Hall–Kier alpha value is -2.22. The van der Waals surface area contributed by atoms with Crippen molar-refractivity contribution in [3.8, 4) is 0 Å². The number of nitrogens with two attached hydrogens (primary N) is 1. The summed E-state index contributed by atoms with van der Waals surface area (Å²) in [5.41, 5.74) is 4.10. The molecule has 0 radical (unpaired) electrons. The zero-order valence-corrected chi connectivity index (χ0v) is 9.74. The van der Waals surface area contributed by atoms with Gasteiger partial charge in [-0.25, -0.2) is 13.2 Å². The summed E-state index contributed by atoms with van der Waals surface area (Å²) in [4.78, 5) is 15.8. The third-order valence-corrected chi connectivity index (χ3v) is 3.90. The molecule has 0 atom stereocenters. The molecule has 0 unspecified atom stereocenters. The fourth-order valence-electron chi connectivity index (χ4n) is 1.36. The van der Waals surface area contributed by atoms with E-state index in [-0.39, 0.29) is 4.90 Å². The summed E-state index contributed by atoms with van der Waals surface area (Å²) in [6, 6.07) is 7.13. The molecule has 8 heteroatoms. The van der Waals surface area contributed by atoms with E-state index in [9.17, 15) is 17.6 Å². The monoisotopic (exact) mass is 269 g/mol. The van der Waals surface area contributed by atoms with E-state index in [0.717, 1.165) is 0 Å². The minimum absolute atomic E-state index is 0.148. The second kappa shape index (κ2) is 4.22. The van der Waals surface area contributed by atoms with Gasteiger partial charge in [-0.15, -0.1) is 0 Å². The van der Waals surface area contributed by atoms with Gasteiger partial charge in [-0.2, -0.15) is 9.37 Å². The number of nitrogens with one attached hydrogen (secondary N) is 1. The number of nitrogen functional groups attached to an aromatic ring is 1. The zero-order valence-electron chi connectivity index (χ0n) is 8.92. The maximum absolute atomic E-state index is 13.6. The van der Waals surface area contributed by atoms with E-state index < -0.39 is 32.2 Å². The lowest BCUT2D eigenvalue weighted by Crippen LogP contribution is -2.20. The van der Waals surface area contributed by atoms with Crippen LogP contribution in [0.5, 0.6) is 0 Å². The maximum atomic E-state index is 13.6. The van der Waals surface area contributed by atoms with Crippen LogP contribution in [0.25, 0.3) is 0 Å². The Balaban J connectivity index is 2.74. The second-order valence-electron chi connectivity index (χ2n) is 3.39. The highest BCUT2D eigenvalue weighted by molar-refractivity contribution is 7.91. The number of rotatable bonds is 2. The lowest BCUT2D eigenvalue weighted by molar-refractivity contribution is 0.548. The average Bonchev–Trinajstić information content (AvgIpc) is 2.34. The molecule has 1 heterocycles. The van der Waals surface area contributed by atoms with E-state index >= 15 is 0 Å². The third-order valence-electron chi connectivity index (χ3n) is 2.19. The van der Waals surface area contributed by atoms with Crippen LogP contribution < -0.4 is 11.4 Å². The van der Waals surface area contributed by atoms with E-state index in [1.54, 1.807) is 6.07 Å². The van der Waals surface area contributed by atoms with Crippen molar-refractivity contribution in [1.82, 2.24) is 9.97 Å². The van der Waals surface area contributed by atoms with Crippen LogP contribution in [0, 0.1) is 5.82 Å². The van der Waals surface area contributed by atoms with Crippen LogP contribution in [0.2, 0.25) is 0 Å². The number of aromatic nitrogens is 2. The van der Waals surface area contributed by atoms with Gasteiger partial charge in [0.2, 0.25) is 15.7 Å². The lowest BCUT2D eigenvalue weighted by Gasteiger charge is -2.05. The predicted molar refractivity (Wildman–Crippen MR) is 61.1 cm³/mol. The number of nitrogens with zero attached hydrogens (tertiary/aromatic N) is 1. The normalized spacial score (nSPS) is 11.4. The fraction of sp³-hybridized carbons (Fsp3) is 0. The smallest absolute Gasteiger partial charge is 0.348 e. The molecule has 0 aliphatic carbocycles. The number of hydrogen-bond donors (Lipinski definition) is 2. The Kier molecular flexibility index (Phi) is 2.87. The summed E-state index contributed by atoms with van der Waals surface area (Å²) in [6.07, 6.45) is 0. The highest BCUT2D eigenvalue weighted by atomic mass is 32.2. The molecule has 2 aromatic rings. The van der Waals surface area contributed by atoms with Crippen molar-refractivity contribution < 1.29 is 12.8 Å². The van der Waals surface area contributed by atoms with Gasteiger partial charge in [-0.05, 0) is 12.1 Å². The summed E-state index contributed by atoms with van der Waals surface area (Å²) in [5.74, 6) is -2.02. The standard InChI is InChI=1S/C10H8FN3O3S/c11-7-8(12)13-10(15)14-9(7)18(16,17)6-4-2-1-3-5-6/h1-5H,(H3,12,13,14,15). The molecule has 0 saturated heterocycles. The molecule has 3 N–H and O–H groups in total. The number of hydrogen-bond acceptors (Lipinski definition) is 5. The molecular formula is C10H8FN3O3S. The third kappa shape index (κ3) is 1.97. The largest absolute Gasteiger partial charge is 0.381 e. The van der Waals surface area contributed by atoms with E-state index in [1.165, 1.54) is 24.3 Å². The van der Waals surface area contributed by atoms with Crippen molar-refractivity contribution in [1.29, 1.82) is 0 Å². The molecule has 94 valence electrons. The van der Waals surface area contributed by atoms with Gasteiger partial charge in [-0.3, -0.25) is 4.98 Å². The van der Waals surface area contributed by atoms with Crippen LogP contribution in [-0.2, 0) is 9.84 Å². The van der Waals surface area contributed by atoms with E-state index in [0.29, 0.717) is 0 Å². The van der Waals surface area contributed by atoms with Crippen LogP contribution in [0.3, 0.4) is 0 Å². The number of anilines is 1. The quantitative estimate of drug-likeness (QED) is 0.764. The number of sulfone groups is 1. The summed E-state index contributed by atoms with van der Waals surface area (Å²) in [6.45, 7) is 0. The maximum Gasteiger partial charge on any atom is 0.348 e. The summed E-state index contributed by atoms with van der Waals surface area (Å²) < 4.78 is 37.8. The molecule has 0 amide bonds. The molecule has 0 bridgehead atoms. The van der Waals surface area contributed by atoms with Crippen molar-refractivity contribution in [3.05, 3.63) is 46.6 Å². The molecule has 0 aliphatic rings. The van der Waals surface area contributed by atoms with E-state index in [2.05, 4.69) is 4.98 Å². The van der Waals surface area contributed by atoms with Gasteiger partial charge >= 0.3 is 5.69 Å². The first-order valence-electron chi connectivity index (χ1n) is 4.78. The van der Waals surface area contributed by atoms with Gasteiger partial charge < -0.3 is 5.73 Å². The summed E-state index contributed by atoms with van der Waals surface area (Å²) >= 11 is 0. The van der Waals surface area contributed by atoms with Crippen LogP contribution in [0.15, 0.2) is 45.0 Å². The van der Waals surface area contributed by atoms with Gasteiger partial charge in [0.25, 0.3) is 0 Å². The molecule has 0 aliphatic heterocycles. The first-order chi connectivity index (χ1) is 8.43. The topological polar surface area (TPSA) is 106 Å². The van der Waals surface area contributed by atoms with E-state index in [1.807, 2.05) is 4.98 Å². The minimum Gasteiger partial charge on any atom is -0.381 e. The van der Waals surface area contributed by atoms with Gasteiger partial charge in [0.05, 0.1) is 4.90 Å². The van der Waals surface area contributed by atoms with Crippen molar-refractivity contribution in [2.75, 3.05) is 5.73 Å². The molecule has 0 fully saturated rings. The van der Waals surface area contributed by atoms with Crippen LogP contribution in [0.1, 0.15) is 0 Å². The SMILES string of the molecule is Nc1nc(=O)[nH]c(S(=O)(=O)c2ccccc2)c1F. The minimum atomic E-state index is -4.17. The van der Waals surface area contributed by atoms with Crippen LogP contribution in [-0.4, -0.2) is 18.4 Å². The number of aromatic amines is 1.